The number of hydrogen-bond acceptors (Lipinski definition) is 2. The van der Waals surface area contributed by atoms with Gasteiger partial charge >= 0.3 is 0 Å². The fraction of sp³-hybridized carbons (Fsp3) is 0. The summed E-state index contributed by atoms with van der Waals surface area (Å²) in [4.78, 5) is 5.25. The Labute approximate surface area is 580 Å². The highest BCUT2D eigenvalue weighted by Crippen LogP contribution is 2.52. The Morgan fingerprint density at radius 2 is 0.424 bits per heavy atom. The number of anilines is 6. The lowest BCUT2D eigenvalue weighted by Gasteiger charge is -2.45. The molecule has 0 radical (unpaired) electrons. The predicted molar refractivity (Wildman–Crippen MR) is 420 cm³/mol. The highest BCUT2D eigenvalue weighted by molar-refractivity contribution is 7.00. The Morgan fingerprint density at radius 1 is 0.162 bits per heavy atom. The molecule has 0 saturated heterocycles. The number of hydrogen-bond donors (Lipinski definition) is 0. The minimum Gasteiger partial charge on any atom is -0.311 e. The summed E-state index contributed by atoms with van der Waals surface area (Å²) in [5.74, 6) is 0. The molecule has 0 fully saturated rings. The molecule has 0 atom stereocenters. The maximum atomic E-state index is 2.63. The van der Waals surface area contributed by atoms with Gasteiger partial charge in [0, 0.05) is 34.1 Å². The zero-order chi connectivity index (χ0) is 65.6. The molecule has 16 aromatic carbocycles. The smallest absolute Gasteiger partial charge is 0.252 e. The summed E-state index contributed by atoms with van der Waals surface area (Å²) in [6, 6.07) is 146. The average Bonchev–Trinajstić information content (AvgIpc) is 0.692. The lowest BCUT2D eigenvalue weighted by atomic mass is 9.33. The van der Waals surface area contributed by atoms with Crippen LogP contribution >= 0.6 is 0 Å². The van der Waals surface area contributed by atoms with Crippen molar-refractivity contribution in [3.05, 3.63) is 394 Å². The highest BCUT2D eigenvalue weighted by atomic mass is 15.2. The van der Waals surface area contributed by atoms with Gasteiger partial charge in [0.1, 0.15) is 0 Å². The summed E-state index contributed by atoms with van der Waals surface area (Å²) in [7, 11) is 0. The van der Waals surface area contributed by atoms with Gasteiger partial charge in [-0.25, -0.2) is 0 Å². The quantitative estimate of drug-likeness (QED) is 0.106. The molecule has 0 aromatic heterocycles. The molecule has 0 N–H and O–H groups in total. The van der Waals surface area contributed by atoms with Crippen LogP contribution in [0, 0.1) is 0 Å². The molecular weight excluding hydrogens is 1190 g/mol. The summed E-state index contributed by atoms with van der Waals surface area (Å²) >= 11 is 0. The van der Waals surface area contributed by atoms with Crippen molar-refractivity contribution in [3.63, 3.8) is 0 Å². The van der Waals surface area contributed by atoms with Crippen LogP contribution in [0.5, 0.6) is 0 Å². The van der Waals surface area contributed by atoms with Gasteiger partial charge in [-0.15, -0.1) is 0 Å². The van der Waals surface area contributed by atoms with Crippen molar-refractivity contribution in [2.45, 2.75) is 0 Å². The maximum absolute atomic E-state index is 2.63. The van der Waals surface area contributed by atoms with Gasteiger partial charge in [0.05, 0.1) is 0 Å². The lowest BCUT2D eigenvalue weighted by molar-refractivity contribution is 1.25. The monoisotopic (exact) mass is 1260 g/mol. The Kier molecular flexibility index (Phi) is 15.1. The van der Waals surface area contributed by atoms with Gasteiger partial charge in [-0.05, 0) is 199 Å². The third kappa shape index (κ3) is 10.8. The average molecular weight is 1260 g/mol. The Morgan fingerprint density at radius 3 is 0.737 bits per heavy atom. The van der Waals surface area contributed by atoms with E-state index in [1.165, 1.54) is 49.8 Å². The first kappa shape index (κ1) is 58.7. The van der Waals surface area contributed by atoms with Crippen LogP contribution in [-0.2, 0) is 0 Å². The van der Waals surface area contributed by atoms with E-state index in [2.05, 4.69) is 404 Å². The van der Waals surface area contributed by atoms with Crippen LogP contribution in [0.2, 0.25) is 0 Å². The Bertz CT molecular complexity index is 5190. The van der Waals surface area contributed by atoms with E-state index in [0.29, 0.717) is 0 Å². The zero-order valence-electron chi connectivity index (χ0n) is 54.5. The van der Waals surface area contributed by atoms with Crippen LogP contribution in [0.4, 0.5) is 34.1 Å². The number of fused-ring (bicyclic) bond motifs is 4. The number of benzene rings is 16. The first-order chi connectivity index (χ1) is 49.1. The van der Waals surface area contributed by atoms with Crippen LogP contribution in [0.3, 0.4) is 0 Å². The third-order valence-corrected chi connectivity index (χ3v) is 20.0. The van der Waals surface area contributed by atoms with Gasteiger partial charge in [0.2, 0.25) is 0 Å². The number of rotatable bonds is 13. The van der Waals surface area contributed by atoms with Crippen LogP contribution < -0.4 is 26.2 Å². The second-order valence-corrected chi connectivity index (χ2v) is 25.9. The van der Waals surface area contributed by atoms with Crippen LogP contribution in [-0.4, -0.2) is 6.71 Å². The molecule has 99 heavy (non-hydrogen) atoms. The molecule has 2 aliphatic heterocycles. The first-order valence-corrected chi connectivity index (χ1v) is 34.2. The third-order valence-electron chi connectivity index (χ3n) is 20.0. The fourth-order valence-electron chi connectivity index (χ4n) is 15.5. The van der Waals surface area contributed by atoms with Gasteiger partial charge in [-0.3, -0.25) is 0 Å². The zero-order valence-corrected chi connectivity index (χ0v) is 54.5. The molecule has 16 aromatic rings. The van der Waals surface area contributed by atoms with Gasteiger partial charge < -0.3 is 9.80 Å². The second-order valence-electron chi connectivity index (χ2n) is 25.9. The van der Waals surface area contributed by atoms with E-state index in [-0.39, 0.29) is 6.71 Å². The van der Waals surface area contributed by atoms with Crippen molar-refractivity contribution in [2.24, 2.45) is 0 Å². The second kappa shape index (κ2) is 25.4. The standard InChI is InChI=1S/C96H65BN2/c1-9-30-66(31-10-1)76-56-77(67-32-11-2-12-33-67)59-81(58-76)98-91-54-52-74(85-48-27-25-46-83(85)70-38-17-5-18-39-70)62-89(91)97-90-63-75(86-49-28-26-47-84(86)71-40-19-6-20-41-71)53-55-92(90)99(82-60-78(68-34-13-3-14-35-68)57-79(61-82)69-36-15-4-16-37-69)94-65-80(64-93(98)96(94)97)95-87(72-42-21-7-22-43-72)50-29-51-88(95)73-44-23-8-24-45-73/h1-65H. The van der Waals surface area contributed by atoms with E-state index in [1.807, 2.05) is 0 Å². The molecule has 18 rings (SSSR count). The molecule has 2 aliphatic rings. The minimum absolute atomic E-state index is 0.274. The molecule has 2 heterocycles. The lowest BCUT2D eigenvalue weighted by Crippen LogP contribution is -2.61. The van der Waals surface area contributed by atoms with Crippen molar-refractivity contribution < 1.29 is 0 Å². The molecule has 0 saturated carbocycles. The van der Waals surface area contributed by atoms with E-state index >= 15 is 0 Å². The first-order valence-electron chi connectivity index (χ1n) is 34.2. The largest absolute Gasteiger partial charge is 0.311 e. The summed E-state index contributed by atoms with van der Waals surface area (Å²) in [6.07, 6.45) is 0. The number of nitrogens with zero attached hydrogens (tertiary/aromatic N) is 2. The van der Waals surface area contributed by atoms with Crippen LogP contribution in [0.15, 0.2) is 394 Å². The van der Waals surface area contributed by atoms with Gasteiger partial charge in [0.25, 0.3) is 6.71 Å². The van der Waals surface area contributed by atoms with E-state index in [9.17, 15) is 0 Å². The molecule has 0 bridgehead atoms. The molecular formula is C96H65BN2. The van der Waals surface area contributed by atoms with Crippen molar-refractivity contribution in [1.82, 2.24) is 0 Å². The normalized spacial score (nSPS) is 12.0. The van der Waals surface area contributed by atoms with E-state index < -0.39 is 0 Å². The topological polar surface area (TPSA) is 6.48 Å². The summed E-state index contributed by atoms with van der Waals surface area (Å²) < 4.78 is 0. The molecule has 462 valence electrons. The highest BCUT2D eigenvalue weighted by Gasteiger charge is 2.45. The van der Waals surface area contributed by atoms with Gasteiger partial charge in [-0.2, -0.15) is 0 Å². The molecule has 0 aliphatic carbocycles. The molecule has 0 unspecified atom stereocenters. The molecule has 2 nitrogen and oxygen atoms in total. The predicted octanol–water partition coefficient (Wildman–Crippen LogP) is 24.1. The van der Waals surface area contributed by atoms with Crippen molar-refractivity contribution >= 4 is 57.2 Å². The Hall–Kier alpha value is -12.8. The summed E-state index contributed by atoms with van der Waals surface area (Å²) in [6.45, 7) is -0.274. The van der Waals surface area contributed by atoms with Gasteiger partial charge in [-0.1, -0.05) is 334 Å². The van der Waals surface area contributed by atoms with Gasteiger partial charge in [0.15, 0.2) is 0 Å². The van der Waals surface area contributed by atoms with Crippen LogP contribution in [0.25, 0.3) is 122 Å². The minimum atomic E-state index is -0.274. The van der Waals surface area contributed by atoms with Crippen molar-refractivity contribution in [1.29, 1.82) is 0 Å². The fourth-order valence-corrected chi connectivity index (χ4v) is 15.5. The Balaban J connectivity index is 1.01. The molecule has 0 spiro atoms. The maximum Gasteiger partial charge on any atom is 0.252 e. The van der Waals surface area contributed by atoms with Crippen LogP contribution in [0.1, 0.15) is 0 Å². The summed E-state index contributed by atoms with van der Waals surface area (Å²) in [5, 5.41) is 0. The van der Waals surface area contributed by atoms with E-state index in [0.717, 1.165) is 123 Å². The molecule has 3 heteroatoms. The van der Waals surface area contributed by atoms with E-state index in [4.69, 9.17) is 0 Å². The van der Waals surface area contributed by atoms with Crippen molar-refractivity contribution in [2.75, 3.05) is 9.80 Å². The van der Waals surface area contributed by atoms with Crippen molar-refractivity contribution in [3.8, 4) is 122 Å². The summed E-state index contributed by atoms with van der Waals surface area (Å²) in [5.41, 5.74) is 35.6. The molecule has 0 amide bonds. The SMILES string of the molecule is c1ccc(-c2cc(-c3ccccc3)cc(N3c4ccc(-c5ccccc5-c5ccccc5)cc4B4c5cc(-c6ccccc6-c6ccccc6)ccc5N(c5cc(-c6ccccc6)cc(-c6ccccc6)c5)c5cc(-c6c(-c7ccccc7)cccc6-c6ccccc6)cc3c54)c2)cc1. The van der Waals surface area contributed by atoms with E-state index in [1.54, 1.807) is 0 Å².